The fourth-order valence-electron chi connectivity index (χ4n) is 3.16. The Bertz CT molecular complexity index is 811. The highest BCUT2D eigenvalue weighted by atomic mass is 32.2. The third kappa shape index (κ3) is 4.45. The molecule has 1 atom stereocenters. The van der Waals surface area contributed by atoms with Gasteiger partial charge in [-0.15, -0.1) is 0 Å². The van der Waals surface area contributed by atoms with Gasteiger partial charge in [0.05, 0.1) is 22.4 Å². The van der Waals surface area contributed by atoms with Gasteiger partial charge in [0, 0.05) is 11.6 Å². The Kier molecular flexibility index (Phi) is 5.51. The molecular formula is C19H24N2O3S. The lowest BCUT2D eigenvalue weighted by atomic mass is 9.96. The number of aliphatic hydroxyl groups excluding tert-OH is 1. The third-order valence-corrected chi connectivity index (χ3v) is 6.12. The van der Waals surface area contributed by atoms with E-state index in [9.17, 15) is 13.5 Å². The summed E-state index contributed by atoms with van der Waals surface area (Å²) in [7, 11) is -3.49. The Balaban J connectivity index is 1.78. The number of sulfonamides is 1. The highest BCUT2D eigenvalue weighted by molar-refractivity contribution is 7.89. The summed E-state index contributed by atoms with van der Waals surface area (Å²) in [6.07, 6.45) is 4.53. The molecular weight excluding hydrogens is 336 g/mol. The number of benzene rings is 1. The van der Waals surface area contributed by atoms with E-state index in [1.54, 1.807) is 37.3 Å². The molecule has 0 spiro atoms. The number of nitrogens with one attached hydrogen (secondary N) is 1. The van der Waals surface area contributed by atoms with Gasteiger partial charge in [0.2, 0.25) is 10.0 Å². The van der Waals surface area contributed by atoms with Crippen LogP contribution in [0.2, 0.25) is 0 Å². The molecule has 0 radical (unpaired) electrons. The predicted molar refractivity (Wildman–Crippen MR) is 97.5 cm³/mol. The summed E-state index contributed by atoms with van der Waals surface area (Å²) in [5.74, 6) is 0. The number of hydrogen-bond acceptors (Lipinski definition) is 4. The average molecular weight is 360 g/mol. The Morgan fingerprint density at radius 1 is 1.08 bits per heavy atom. The van der Waals surface area contributed by atoms with E-state index in [0.29, 0.717) is 11.4 Å². The number of pyridine rings is 1. The molecule has 1 saturated carbocycles. The van der Waals surface area contributed by atoms with Gasteiger partial charge in [-0.1, -0.05) is 37.5 Å². The molecule has 25 heavy (non-hydrogen) atoms. The fourth-order valence-corrected chi connectivity index (χ4v) is 4.46. The molecule has 0 amide bonds. The summed E-state index contributed by atoms with van der Waals surface area (Å²) < 4.78 is 27.9. The molecule has 0 bridgehead atoms. The van der Waals surface area contributed by atoms with Crippen LogP contribution in [0.25, 0.3) is 11.3 Å². The Morgan fingerprint density at radius 2 is 1.76 bits per heavy atom. The number of hydrogen-bond donors (Lipinski definition) is 2. The molecule has 1 fully saturated rings. The first-order valence-corrected chi connectivity index (χ1v) is 10.2. The molecule has 5 nitrogen and oxygen atoms in total. The highest BCUT2D eigenvalue weighted by Crippen LogP contribution is 2.23. The van der Waals surface area contributed by atoms with Crippen LogP contribution in [-0.2, 0) is 10.0 Å². The van der Waals surface area contributed by atoms with Gasteiger partial charge in [0.15, 0.2) is 0 Å². The van der Waals surface area contributed by atoms with Crippen molar-refractivity contribution in [3.8, 4) is 11.3 Å². The Morgan fingerprint density at radius 3 is 2.40 bits per heavy atom. The number of rotatable bonds is 5. The van der Waals surface area contributed by atoms with E-state index in [0.717, 1.165) is 31.2 Å². The van der Waals surface area contributed by atoms with Crippen molar-refractivity contribution >= 4 is 10.0 Å². The van der Waals surface area contributed by atoms with E-state index in [2.05, 4.69) is 9.71 Å². The third-order valence-electron chi connectivity index (χ3n) is 4.59. The molecule has 1 aromatic heterocycles. The minimum absolute atomic E-state index is 0.0443. The van der Waals surface area contributed by atoms with E-state index >= 15 is 0 Å². The van der Waals surface area contributed by atoms with Gasteiger partial charge >= 0.3 is 0 Å². The van der Waals surface area contributed by atoms with Crippen LogP contribution >= 0.6 is 0 Å². The lowest BCUT2D eigenvalue weighted by Gasteiger charge is -2.22. The molecule has 0 saturated heterocycles. The van der Waals surface area contributed by atoms with Gasteiger partial charge < -0.3 is 5.11 Å². The largest absolute Gasteiger partial charge is 0.387 e. The maximum atomic E-state index is 12.5. The summed E-state index contributed by atoms with van der Waals surface area (Å²) in [5, 5.41) is 9.65. The van der Waals surface area contributed by atoms with E-state index in [1.807, 2.05) is 12.1 Å². The van der Waals surface area contributed by atoms with Gasteiger partial charge in [-0.2, -0.15) is 0 Å². The minimum Gasteiger partial charge on any atom is -0.387 e. The summed E-state index contributed by atoms with van der Waals surface area (Å²) in [6, 6.07) is 12.2. The summed E-state index contributed by atoms with van der Waals surface area (Å²) in [6.45, 7) is 1.67. The second-order valence-electron chi connectivity index (χ2n) is 6.60. The van der Waals surface area contributed by atoms with Crippen molar-refractivity contribution in [3.05, 3.63) is 48.2 Å². The summed E-state index contributed by atoms with van der Waals surface area (Å²) >= 11 is 0. The molecule has 1 aliphatic rings. The number of nitrogens with zero attached hydrogens (tertiary/aromatic N) is 1. The monoisotopic (exact) mass is 360 g/mol. The zero-order valence-corrected chi connectivity index (χ0v) is 15.2. The number of aromatic nitrogens is 1. The molecule has 1 heterocycles. The maximum absolute atomic E-state index is 12.5. The quantitative estimate of drug-likeness (QED) is 0.856. The second-order valence-corrected chi connectivity index (χ2v) is 8.32. The topological polar surface area (TPSA) is 79.3 Å². The van der Waals surface area contributed by atoms with Crippen molar-refractivity contribution < 1.29 is 13.5 Å². The Labute approximate surface area is 149 Å². The van der Waals surface area contributed by atoms with E-state index < -0.39 is 16.1 Å². The lowest BCUT2D eigenvalue weighted by Crippen LogP contribution is -2.36. The molecule has 0 aliphatic heterocycles. The van der Waals surface area contributed by atoms with Crippen molar-refractivity contribution in [1.29, 1.82) is 0 Å². The van der Waals surface area contributed by atoms with Crippen molar-refractivity contribution in [1.82, 2.24) is 9.71 Å². The van der Waals surface area contributed by atoms with Crippen LogP contribution in [0, 0.1) is 0 Å². The maximum Gasteiger partial charge on any atom is 0.240 e. The van der Waals surface area contributed by atoms with Crippen molar-refractivity contribution in [2.45, 2.75) is 56.1 Å². The van der Waals surface area contributed by atoms with Crippen molar-refractivity contribution in [2.24, 2.45) is 0 Å². The normalized spacial score (nSPS) is 17.4. The fraction of sp³-hybridized carbons (Fsp3) is 0.421. The molecule has 6 heteroatoms. The lowest BCUT2D eigenvalue weighted by molar-refractivity contribution is 0.194. The average Bonchev–Trinajstić information content (AvgIpc) is 2.62. The van der Waals surface area contributed by atoms with Crippen LogP contribution in [0.5, 0.6) is 0 Å². The van der Waals surface area contributed by atoms with Gasteiger partial charge in [-0.25, -0.2) is 13.1 Å². The van der Waals surface area contributed by atoms with Crippen LogP contribution in [0.4, 0.5) is 0 Å². The smallest absolute Gasteiger partial charge is 0.240 e. The SMILES string of the molecule is C[C@H](O)c1cccc(-c2ccc(S(=O)(=O)NC3CCCCC3)cc2)n1. The molecule has 1 aromatic carbocycles. The molecule has 3 rings (SSSR count). The molecule has 2 aromatic rings. The second kappa shape index (κ2) is 7.64. The van der Waals surface area contributed by atoms with Crippen LogP contribution in [0.1, 0.15) is 50.8 Å². The van der Waals surface area contributed by atoms with Crippen LogP contribution in [0.3, 0.4) is 0 Å². The predicted octanol–water partition coefficient (Wildman–Crippen LogP) is 3.41. The van der Waals surface area contributed by atoms with Crippen LogP contribution < -0.4 is 4.72 Å². The first-order valence-electron chi connectivity index (χ1n) is 8.73. The zero-order valence-electron chi connectivity index (χ0n) is 14.4. The zero-order chi connectivity index (χ0) is 17.9. The molecule has 0 unspecified atom stereocenters. The van der Waals surface area contributed by atoms with Gasteiger partial charge in [0.1, 0.15) is 0 Å². The van der Waals surface area contributed by atoms with Crippen LogP contribution in [0.15, 0.2) is 47.4 Å². The molecule has 2 N–H and O–H groups in total. The molecule has 1 aliphatic carbocycles. The van der Waals surface area contributed by atoms with Crippen molar-refractivity contribution in [2.75, 3.05) is 0 Å². The van der Waals surface area contributed by atoms with E-state index in [-0.39, 0.29) is 10.9 Å². The standard InChI is InChI=1S/C19H24N2O3S/c1-14(22)18-8-5-9-19(20-18)15-10-12-17(13-11-15)25(23,24)21-16-6-3-2-4-7-16/h5,8-14,16,21-22H,2-4,6-7H2,1H3/t14-/m0/s1. The van der Waals surface area contributed by atoms with E-state index in [1.165, 1.54) is 6.42 Å². The first-order chi connectivity index (χ1) is 12.0. The minimum atomic E-state index is -3.49. The van der Waals surface area contributed by atoms with Crippen molar-refractivity contribution in [3.63, 3.8) is 0 Å². The van der Waals surface area contributed by atoms with Gasteiger partial charge in [-0.05, 0) is 44.0 Å². The highest BCUT2D eigenvalue weighted by Gasteiger charge is 2.21. The Hall–Kier alpha value is -1.76. The van der Waals surface area contributed by atoms with Crippen LogP contribution in [-0.4, -0.2) is 24.6 Å². The number of aliphatic hydroxyl groups is 1. The summed E-state index contributed by atoms with van der Waals surface area (Å²) in [5.41, 5.74) is 2.12. The summed E-state index contributed by atoms with van der Waals surface area (Å²) in [4.78, 5) is 4.68. The van der Waals surface area contributed by atoms with Gasteiger partial charge in [0.25, 0.3) is 0 Å². The molecule has 134 valence electrons. The van der Waals surface area contributed by atoms with E-state index in [4.69, 9.17) is 0 Å². The first kappa shape index (κ1) is 18.0. The van der Waals surface area contributed by atoms with Gasteiger partial charge in [-0.3, -0.25) is 4.98 Å².